The van der Waals surface area contributed by atoms with Gasteiger partial charge in [0.05, 0.1) is 33.3 Å². The van der Waals surface area contributed by atoms with Crippen molar-refractivity contribution >= 4 is 23.0 Å². The van der Waals surface area contributed by atoms with Crippen LogP contribution in [0, 0.1) is 20.2 Å². The van der Waals surface area contributed by atoms with Crippen molar-refractivity contribution in [1.82, 2.24) is 0 Å². The van der Waals surface area contributed by atoms with Gasteiger partial charge in [-0.25, -0.2) is 0 Å². The van der Waals surface area contributed by atoms with Crippen LogP contribution in [0.15, 0.2) is 42.5 Å². The molecule has 2 rings (SSSR count). The maximum atomic E-state index is 12.4. The van der Waals surface area contributed by atoms with Crippen molar-refractivity contribution < 1.29 is 19.4 Å². The number of benzene rings is 2. The summed E-state index contributed by atoms with van der Waals surface area (Å²) in [5.41, 5.74) is -0.909. The molecule has 130 valence electrons. The fourth-order valence-corrected chi connectivity index (χ4v) is 2.06. The normalized spacial score (nSPS) is 10.4. The van der Waals surface area contributed by atoms with E-state index >= 15 is 0 Å². The summed E-state index contributed by atoms with van der Waals surface area (Å²) >= 11 is 0. The highest BCUT2D eigenvalue weighted by Crippen LogP contribution is 2.27. The Kier molecular flexibility index (Phi) is 5.28. The fraction of sp³-hybridized carbons (Fsp3) is 0.188. The Morgan fingerprint density at radius 1 is 1.04 bits per heavy atom. The molecule has 0 radical (unpaired) electrons. The highest BCUT2D eigenvalue weighted by atomic mass is 16.6. The number of carbonyl (C=O) groups excluding carboxylic acids is 1. The fourth-order valence-electron chi connectivity index (χ4n) is 2.06. The SMILES string of the molecule is CC(C)Oc1ccccc1NC(=O)c1cc([N+](=O)[O-])cc([N+](=O)[O-])c1. The Bertz CT molecular complexity index is 802. The molecule has 25 heavy (non-hydrogen) atoms. The van der Waals surface area contributed by atoms with Gasteiger partial charge in [0, 0.05) is 12.1 Å². The predicted molar refractivity (Wildman–Crippen MR) is 89.9 cm³/mol. The van der Waals surface area contributed by atoms with Crippen molar-refractivity contribution in [3.05, 3.63) is 68.3 Å². The number of hydrogen-bond donors (Lipinski definition) is 1. The molecule has 0 spiro atoms. The van der Waals surface area contributed by atoms with Crippen LogP contribution in [0.1, 0.15) is 24.2 Å². The molecule has 0 saturated carbocycles. The van der Waals surface area contributed by atoms with Gasteiger partial charge in [-0.05, 0) is 26.0 Å². The summed E-state index contributed by atoms with van der Waals surface area (Å²) in [6.07, 6.45) is -0.128. The standard InChI is InChI=1S/C16H15N3O6/c1-10(2)25-15-6-4-3-5-14(15)17-16(20)11-7-12(18(21)22)9-13(8-11)19(23)24/h3-10H,1-2H3,(H,17,20). The number of hydrogen-bond acceptors (Lipinski definition) is 6. The summed E-state index contributed by atoms with van der Waals surface area (Å²) in [5.74, 6) is -0.294. The largest absolute Gasteiger partial charge is 0.489 e. The number of amides is 1. The Morgan fingerprint density at radius 3 is 2.12 bits per heavy atom. The van der Waals surface area contributed by atoms with E-state index in [1.165, 1.54) is 0 Å². The summed E-state index contributed by atoms with van der Waals surface area (Å²) in [7, 11) is 0. The molecule has 0 atom stereocenters. The molecule has 0 unspecified atom stereocenters. The monoisotopic (exact) mass is 345 g/mol. The summed E-state index contributed by atoms with van der Waals surface area (Å²) in [6.45, 7) is 3.64. The first kappa shape index (κ1) is 17.9. The molecule has 1 amide bonds. The van der Waals surface area contributed by atoms with Gasteiger partial charge in [-0.15, -0.1) is 0 Å². The number of para-hydroxylation sites is 2. The van der Waals surface area contributed by atoms with Gasteiger partial charge in [0.15, 0.2) is 0 Å². The zero-order chi connectivity index (χ0) is 18.6. The lowest BCUT2D eigenvalue weighted by Gasteiger charge is -2.14. The van der Waals surface area contributed by atoms with Crippen LogP contribution < -0.4 is 10.1 Å². The van der Waals surface area contributed by atoms with Gasteiger partial charge in [0.2, 0.25) is 0 Å². The first-order chi connectivity index (χ1) is 11.8. The van der Waals surface area contributed by atoms with E-state index in [1.807, 2.05) is 13.8 Å². The van der Waals surface area contributed by atoms with E-state index in [-0.39, 0.29) is 11.7 Å². The molecule has 0 fully saturated rings. The quantitative estimate of drug-likeness (QED) is 0.630. The lowest BCUT2D eigenvalue weighted by molar-refractivity contribution is -0.394. The number of rotatable bonds is 6. The molecular weight excluding hydrogens is 330 g/mol. The first-order valence-electron chi connectivity index (χ1n) is 7.29. The summed E-state index contributed by atoms with van der Waals surface area (Å²) in [6, 6.07) is 9.42. The van der Waals surface area contributed by atoms with Crippen LogP contribution in [0.5, 0.6) is 5.75 Å². The number of nitro groups is 2. The van der Waals surface area contributed by atoms with E-state index < -0.39 is 27.1 Å². The predicted octanol–water partition coefficient (Wildman–Crippen LogP) is 3.54. The third kappa shape index (κ3) is 4.50. The Morgan fingerprint density at radius 2 is 1.60 bits per heavy atom. The third-order valence-corrected chi connectivity index (χ3v) is 3.08. The Labute approximate surface area is 142 Å². The Hall–Kier alpha value is -3.49. The minimum absolute atomic E-state index is 0.128. The van der Waals surface area contributed by atoms with E-state index in [0.717, 1.165) is 18.2 Å². The molecule has 2 aromatic rings. The number of anilines is 1. The third-order valence-electron chi connectivity index (χ3n) is 3.08. The van der Waals surface area contributed by atoms with Crippen LogP contribution in [0.25, 0.3) is 0 Å². The molecule has 0 aliphatic heterocycles. The van der Waals surface area contributed by atoms with E-state index in [2.05, 4.69) is 5.32 Å². The smallest absolute Gasteiger partial charge is 0.277 e. The molecule has 9 heteroatoms. The zero-order valence-electron chi connectivity index (χ0n) is 13.5. The van der Waals surface area contributed by atoms with Gasteiger partial charge in [0.25, 0.3) is 17.3 Å². The molecule has 0 aromatic heterocycles. The molecule has 0 saturated heterocycles. The number of non-ortho nitro benzene ring substituents is 2. The molecule has 0 aliphatic carbocycles. The van der Waals surface area contributed by atoms with Crippen LogP contribution in [0.3, 0.4) is 0 Å². The maximum Gasteiger partial charge on any atom is 0.277 e. The summed E-state index contributed by atoms with van der Waals surface area (Å²) in [5, 5.41) is 24.4. The van der Waals surface area contributed by atoms with Crippen molar-refractivity contribution in [3.8, 4) is 5.75 Å². The van der Waals surface area contributed by atoms with Gasteiger partial charge in [-0.2, -0.15) is 0 Å². The second kappa shape index (κ2) is 7.39. The minimum atomic E-state index is -0.792. The zero-order valence-corrected chi connectivity index (χ0v) is 13.5. The van der Waals surface area contributed by atoms with Crippen LogP contribution in [-0.2, 0) is 0 Å². The van der Waals surface area contributed by atoms with Crippen molar-refractivity contribution in [2.75, 3.05) is 5.32 Å². The molecule has 0 heterocycles. The van der Waals surface area contributed by atoms with E-state index in [0.29, 0.717) is 11.4 Å². The molecule has 2 aromatic carbocycles. The van der Waals surface area contributed by atoms with Crippen molar-refractivity contribution in [1.29, 1.82) is 0 Å². The van der Waals surface area contributed by atoms with E-state index in [1.54, 1.807) is 24.3 Å². The average molecular weight is 345 g/mol. The van der Waals surface area contributed by atoms with E-state index in [4.69, 9.17) is 4.74 Å². The molecule has 0 aliphatic rings. The summed E-state index contributed by atoms with van der Waals surface area (Å²) < 4.78 is 5.57. The summed E-state index contributed by atoms with van der Waals surface area (Å²) in [4.78, 5) is 32.6. The van der Waals surface area contributed by atoms with Crippen molar-refractivity contribution in [2.24, 2.45) is 0 Å². The number of ether oxygens (including phenoxy) is 1. The topological polar surface area (TPSA) is 125 Å². The number of nitrogens with one attached hydrogen (secondary N) is 1. The molecule has 0 bridgehead atoms. The lowest BCUT2D eigenvalue weighted by atomic mass is 10.1. The highest BCUT2D eigenvalue weighted by Gasteiger charge is 2.20. The second-order valence-corrected chi connectivity index (χ2v) is 5.37. The number of carbonyl (C=O) groups is 1. The highest BCUT2D eigenvalue weighted by molar-refractivity contribution is 6.05. The van der Waals surface area contributed by atoms with Gasteiger partial charge < -0.3 is 10.1 Å². The van der Waals surface area contributed by atoms with Gasteiger partial charge in [-0.3, -0.25) is 25.0 Å². The minimum Gasteiger partial charge on any atom is -0.489 e. The van der Waals surface area contributed by atoms with Crippen LogP contribution in [-0.4, -0.2) is 21.9 Å². The van der Waals surface area contributed by atoms with Gasteiger partial charge >= 0.3 is 0 Å². The van der Waals surface area contributed by atoms with Crippen LogP contribution in [0.2, 0.25) is 0 Å². The first-order valence-corrected chi connectivity index (χ1v) is 7.29. The molecular formula is C16H15N3O6. The molecule has 9 nitrogen and oxygen atoms in total. The van der Waals surface area contributed by atoms with E-state index in [9.17, 15) is 25.0 Å². The van der Waals surface area contributed by atoms with Crippen molar-refractivity contribution in [2.45, 2.75) is 20.0 Å². The maximum absolute atomic E-state index is 12.4. The van der Waals surface area contributed by atoms with Gasteiger partial charge in [-0.1, -0.05) is 12.1 Å². The second-order valence-electron chi connectivity index (χ2n) is 5.37. The number of nitro benzene ring substituents is 2. The van der Waals surface area contributed by atoms with Gasteiger partial charge in [0.1, 0.15) is 5.75 Å². The number of nitrogens with zero attached hydrogens (tertiary/aromatic N) is 2. The van der Waals surface area contributed by atoms with Crippen LogP contribution >= 0.6 is 0 Å². The van der Waals surface area contributed by atoms with Crippen LogP contribution in [0.4, 0.5) is 17.1 Å². The average Bonchev–Trinajstić information content (AvgIpc) is 2.55. The lowest BCUT2D eigenvalue weighted by Crippen LogP contribution is -2.15. The Balaban J connectivity index is 2.36. The van der Waals surface area contributed by atoms with Crippen molar-refractivity contribution in [3.63, 3.8) is 0 Å². The molecule has 1 N–H and O–H groups in total.